The fraction of sp³-hybridized carbons (Fsp3) is 0.500. The quantitative estimate of drug-likeness (QED) is 0.711. The van der Waals surface area contributed by atoms with Crippen LogP contribution in [0.5, 0.6) is 5.75 Å². The van der Waals surface area contributed by atoms with Gasteiger partial charge in [0, 0.05) is 5.88 Å². The first-order chi connectivity index (χ1) is 7.21. The Morgan fingerprint density at radius 3 is 2.47 bits per heavy atom. The molecule has 1 aromatic rings. The van der Waals surface area contributed by atoms with Gasteiger partial charge in [-0.3, -0.25) is 0 Å². The third-order valence-electron chi connectivity index (χ3n) is 2.35. The number of halogens is 2. The monoisotopic (exact) mass is 290 g/mol. The van der Waals surface area contributed by atoms with Crippen LogP contribution in [0.1, 0.15) is 32.3 Å². The number of hydrogen-bond acceptors (Lipinski definition) is 1. The van der Waals surface area contributed by atoms with Gasteiger partial charge in [-0.15, -0.1) is 11.6 Å². The van der Waals surface area contributed by atoms with E-state index < -0.39 is 0 Å². The van der Waals surface area contributed by atoms with E-state index in [-0.39, 0.29) is 0 Å². The van der Waals surface area contributed by atoms with Crippen molar-refractivity contribution >= 4 is 27.5 Å². The molecule has 0 N–H and O–H groups in total. The molecule has 0 saturated carbocycles. The van der Waals surface area contributed by atoms with Crippen molar-refractivity contribution in [2.45, 2.75) is 38.7 Å². The standard InChI is InChI=1S/C12H16BrClO/c1-3-10(4-2)15-12-6-5-9(8-14)7-11(12)13/h5-7,10H,3-4,8H2,1-2H3. The lowest BCUT2D eigenvalue weighted by Gasteiger charge is -2.17. The first-order valence-corrected chi connectivity index (χ1v) is 6.55. The number of alkyl halides is 1. The fourth-order valence-electron chi connectivity index (χ4n) is 1.36. The van der Waals surface area contributed by atoms with Crippen LogP contribution in [-0.2, 0) is 5.88 Å². The minimum absolute atomic E-state index is 0.295. The van der Waals surface area contributed by atoms with Crippen LogP contribution in [0.3, 0.4) is 0 Å². The van der Waals surface area contributed by atoms with E-state index in [9.17, 15) is 0 Å². The minimum Gasteiger partial charge on any atom is -0.489 e. The Labute approximate surface area is 105 Å². The molecule has 84 valence electrons. The molecule has 0 aromatic heterocycles. The van der Waals surface area contributed by atoms with E-state index in [1.165, 1.54) is 0 Å². The predicted octanol–water partition coefficient (Wildman–Crippen LogP) is 4.76. The molecule has 0 amide bonds. The van der Waals surface area contributed by atoms with Crippen molar-refractivity contribution in [1.82, 2.24) is 0 Å². The first-order valence-electron chi connectivity index (χ1n) is 5.22. The van der Waals surface area contributed by atoms with Crippen molar-refractivity contribution in [3.05, 3.63) is 28.2 Å². The molecule has 1 rings (SSSR count). The van der Waals surface area contributed by atoms with Crippen LogP contribution in [0.4, 0.5) is 0 Å². The highest BCUT2D eigenvalue weighted by atomic mass is 79.9. The van der Waals surface area contributed by atoms with Crippen molar-refractivity contribution in [2.75, 3.05) is 0 Å². The van der Waals surface area contributed by atoms with Gasteiger partial charge >= 0.3 is 0 Å². The summed E-state index contributed by atoms with van der Waals surface area (Å²) in [4.78, 5) is 0. The largest absolute Gasteiger partial charge is 0.489 e. The number of ether oxygens (including phenoxy) is 1. The Kier molecular flexibility index (Phi) is 5.48. The molecule has 3 heteroatoms. The molecule has 0 saturated heterocycles. The molecule has 0 fully saturated rings. The van der Waals surface area contributed by atoms with Gasteiger partial charge < -0.3 is 4.74 Å². The Morgan fingerprint density at radius 2 is 2.00 bits per heavy atom. The summed E-state index contributed by atoms with van der Waals surface area (Å²) in [5, 5.41) is 0. The van der Waals surface area contributed by atoms with E-state index in [4.69, 9.17) is 16.3 Å². The van der Waals surface area contributed by atoms with Crippen LogP contribution >= 0.6 is 27.5 Å². The lowest BCUT2D eigenvalue weighted by Crippen LogP contribution is -2.13. The summed E-state index contributed by atoms with van der Waals surface area (Å²) in [6.45, 7) is 4.27. The summed E-state index contributed by atoms with van der Waals surface area (Å²) in [5.41, 5.74) is 1.10. The maximum absolute atomic E-state index is 5.85. The third kappa shape index (κ3) is 3.69. The van der Waals surface area contributed by atoms with Crippen LogP contribution in [0.2, 0.25) is 0 Å². The van der Waals surface area contributed by atoms with E-state index in [0.717, 1.165) is 28.6 Å². The molecule has 0 bridgehead atoms. The van der Waals surface area contributed by atoms with Crippen molar-refractivity contribution in [3.8, 4) is 5.75 Å². The lowest BCUT2D eigenvalue weighted by molar-refractivity contribution is 0.191. The highest BCUT2D eigenvalue weighted by molar-refractivity contribution is 9.10. The molecule has 1 aromatic carbocycles. The molecule has 1 nitrogen and oxygen atoms in total. The minimum atomic E-state index is 0.295. The van der Waals surface area contributed by atoms with Crippen molar-refractivity contribution < 1.29 is 4.74 Å². The molecule has 0 unspecified atom stereocenters. The summed E-state index contributed by atoms with van der Waals surface area (Å²) in [7, 11) is 0. The van der Waals surface area contributed by atoms with Crippen LogP contribution in [0.15, 0.2) is 22.7 Å². The van der Waals surface area contributed by atoms with Crippen molar-refractivity contribution in [3.63, 3.8) is 0 Å². The average molecular weight is 292 g/mol. The van der Waals surface area contributed by atoms with E-state index in [2.05, 4.69) is 29.8 Å². The number of rotatable bonds is 5. The zero-order valence-electron chi connectivity index (χ0n) is 9.09. The van der Waals surface area contributed by atoms with E-state index in [1.807, 2.05) is 18.2 Å². The summed E-state index contributed by atoms with van der Waals surface area (Å²) in [5.74, 6) is 1.43. The topological polar surface area (TPSA) is 9.23 Å². The van der Waals surface area contributed by atoms with Crippen LogP contribution in [0, 0.1) is 0 Å². The zero-order chi connectivity index (χ0) is 11.3. The molecule has 0 aliphatic rings. The van der Waals surface area contributed by atoms with Crippen LogP contribution in [0.25, 0.3) is 0 Å². The summed E-state index contributed by atoms with van der Waals surface area (Å²) < 4.78 is 6.83. The first kappa shape index (κ1) is 12.9. The second-order valence-electron chi connectivity index (χ2n) is 3.45. The molecular formula is C12H16BrClO. The van der Waals surface area contributed by atoms with Crippen LogP contribution in [-0.4, -0.2) is 6.10 Å². The summed E-state index contributed by atoms with van der Waals surface area (Å²) in [6.07, 6.45) is 2.35. The smallest absolute Gasteiger partial charge is 0.133 e. The zero-order valence-corrected chi connectivity index (χ0v) is 11.4. The molecule has 0 atom stereocenters. The van der Waals surface area contributed by atoms with Crippen molar-refractivity contribution in [2.24, 2.45) is 0 Å². The van der Waals surface area contributed by atoms with E-state index in [0.29, 0.717) is 12.0 Å². The summed E-state index contributed by atoms with van der Waals surface area (Å²) in [6, 6.07) is 5.97. The van der Waals surface area contributed by atoms with Gasteiger partial charge in [0.1, 0.15) is 5.75 Å². The Morgan fingerprint density at radius 1 is 1.33 bits per heavy atom. The maximum Gasteiger partial charge on any atom is 0.133 e. The molecule has 0 heterocycles. The van der Waals surface area contributed by atoms with Gasteiger partial charge in [-0.25, -0.2) is 0 Å². The average Bonchev–Trinajstić information content (AvgIpc) is 2.27. The summed E-state index contributed by atoms with van der Waals surface area (Å²) >= 11 is 9.24. The van der Waals surface area contributed by atoms with Gasteiger partial charge in [0.05, 0.1) is 10.6 Å². The van der Waals surface area contributed by atoms with Gasteiger partial charge in [-0.05, 0) is 46.5 Å². The number of hydrogen-bond donors (Lipinski definition) is 0. The van der Waals surface area contributed by atoms with E-state index in [1.54, 1.807) is 0 Å². The fourth-order valence-corrected chi connectivity index (χ4v) is 2.04. The lowest BCUT2D eigenvalue weighted by atomic mass is 10.2. The maximum atomic E-state index is 5.85. The second kappa shape index (κ2) is 6.39. The molecule has 15 heavy (non-hydrogen) atoms. The predicted molar refractivity (Wildman–Crippen MR) is 68.7 cm³/mol. The van der Waals surface area contributed by atoms with Gasteiger partial charge in [0.2, 0.25) is 0 Å². The van der Waals surface area contributed by atoms with Gasteiger partial charge in [0.15, 0.2) is 0 Å². The molecule has 0 radical (unpaired) electrons. The Hall–Kier alpha value is -0.210. The Balaban J connectivity index is 2.77. The molecular weight excluding hydrogens is 275 g/mol. The Bertz CT molecular complexity index is 310. The normalized spacial score (nSPS) is 10.7. The highest BCUT2D eigenvalue weighted by Crippen LogP contribution is 2.28. The van der Waals surface area contributed by atoms with Gasteiger partial charge in [-0.1, -0.05) is 19.9 Å². The second-order valence-corrected chi connectivity index (χ2v) is 4.58. The van der Waals surface area contributed by atoms with Gasteiger partial charge in [-0.2, -0.15) is 0 Å². The highest BCUT2D eigenvalue weighted by Gasteiger charge is 2.08. The van der Waals surface area contributed by atoms with Crippen molar-refractivity contribution in [1.29, 1.82) is 0 Å². The molecule has 0 aliphatic heterocycles. The SMILES string of the molecule is CCC(CC)Oc1ccc(CCl)cc1Br. The molecule has 0 spiro atoms. The van der Waals surface area contributed by atoms with Gasteiger partial charge in [0.25, 0.3) is 0 Å². The number of benzene rings is 1. The van der Waals surface area contributed by atoms with Crippen LogP contribution < -0.4 is 4.74 Å². The molecule has 0 aliphatic carbocycles. The third-order valence-corrected chi connectivity index (χ3v) is 3.28. The van der Waals surface area contributed by atoms with E-state index >= 15 is 0 Å².